The van der Waals surface area contributed by atoms with E-state index in [0.717, 1.165) is 18.2 Å². The molecule has 3 aromatic carbocycles. The summed E-state index contributed by atoms with van der Waals surface area (Å²) in [6.07, 6.45) is 0. The molecule has 5 nitrogen and oxygen atoms in total. The molecular weight excluding hydrogens is 549 g/mol. The van der Waals surface area contributed by atoms with Gasteiger partial charge in [-0.25, -0.2) is 13.2 Å². The average molecular weight is 563 g/mol. The quantitative estimate of drug-likeness (QED) is 0.237. The first kappa shape index (κ1) is 25.4. The second kappa shape index (κ2) is 9.43. The van der Waals surface area contributed by atoms with Crippen LogP contribution in [-0.4, -0.2) is 16.1 Å². The van der Waals surface area contributed by atoms with Gasteiger partial charge in [0.25, 0.3) is 5.91 Å². The van der Waals surface area contributed by atoms with Crippen molar-refractivity contribution in [3.05, 3.63) is 87.2 Å². The van der Waals surface area contributed by atoms with E-state index < -0.39 is 51.1 Å². The molecule has 0 unspecified atom stereocenters. The second-order valence-corrected chi connectivity index (χ2v) is 10.0. The van der Waals surface area contributed by atoms with Gasteiger partial charge in [-0.3, -0.25) is 9.59 Å². The Morgan fingerprint density at radius 1 is 0.886 bits per heavy atom. The number of alkyl halides is 2. The second-order valence-electron chi connectivity index (χ2n) is 7.77. The van der Waals surface area contributed by atoms with E-state index in [4.69, 9.17) is 52.1 Å². The number of benzene rings is 3. The number of nitrogens with one attached hydrogen (secondary N) is 2. The lowest BCUT2D eigenvalue weighted by Crippen LogP contribution is -2.19. The van der Waals surface area contributed by atoms with Crippen molar-refractivity contribution >= 4 is 75.3 Å². The van der Waals surface area contributed by atoms with Crippen molar-refractivity contribution in [3.8, 4) is 0 Å². The molecule has 4 rings (SSSR count). The molecule has 0 aliphatic heterocycles. The largest absolute Gasteiger partial charge is 0.396 e. The van der Waals surface area contributed by atoms with Gasteiger partial charge in [-0.2, -0.15) is 0 Å². The Kier molecular flexibility index (Phi) is 6.85. The van der Waals surface area contributed by atoms with Gasteiger partial charge < -0.3 is 16.4 Å². The molecule has 1 aliphatic rings. The normalized spacial score (nSPS) is 18.1. The molecule has 35 heavy (non-hydrogen) atoms. The molecule has 0 saturated heterocycles. The van der Waals surface area contributed by atoms with Gasteiger partial charge >= 0.3 is 0 Å². The molecule has 2 amide bonds. The summed E-state index contributed by atoms with van der Waals surface area (Å²) < 4.78 is 40.2. The number of rotatable bonds is 5. The Balaban J connectivity index is 1.53. The van der Waals surface area contributed by atoms with E-state index in [1.54, 1.807) is 0 Å². The number of hydrogen-bond donors (Lipinski definition) is 3. The molecule has 0 bridgehead atoms. The fraction of sp³-hybridized carbons (Fsp3) is 0.130. The summed E-state index contributed by atoms with van der Waals surface area (Å²) in [7, 11) is 0. The maximum Gasteiger partial charge on any atom is 0.257 e. The predicted octanol–water partition coefficient (Wildman–Crippen LogP) is 6.77. The number of hydrogen-bond acceptors (Lipinski definition) is 3. The molecule has 1 saturated carbocycles. The van der Waals surface area contributed by atoms with Crippen LogP contribution in [0, 0.1) is 23.4 Å². The first-order valence-electron chi connectivity index (χ1n) is 9.89. The topological polar surface area (TPSA) is 84.2 Å². The van der Waals surface area contributed by atoms with Crippen LogP contribution in [0.15, 0.2) is 48.5 Å². The zero-order chi connectivity index (χ0) is 25.7. The lowest BCUT2D eigenvalue weighted by molar-refractivity contribution is -0.117. The molecule has 12 heteroatoms. The van der Waals surface area contributed by atoms with Crippen molar-refractivity contribution in [3.63, 3.8) is 0 Å². The SMILES string of the molecule is Nc1ccc(F)c(NC(=O)c2cc(NC(=O)[C@H]3[C@H](c4ccc(F)c(Cl)c4)C3(Cl)Cl)ccc2Cl)c1F. The lowest BCUT2D eigenvalue weighted by atomic mass is 10.1. The maximum atomic E-state index is 14.2. The van der Waals surface area contributed by atoms with Gasteiger partial charge in [0.15, 0.2) is 5.82 Å². The standard InChI is InChI=1S/C23H14Cl4F3N3O2/c24-12-3-2-10(8-11(12)21(34)33-20-15(29)5-6-16(31)19(20)30)32-22(35)18-17(23(18,26)27)9-1-4-14(28)13(25)7-9/h1-8,17-18H,31H2,(H,32,35)(H,33,34)/t17-,18+/m0/s1. The van der Waals surface area contributed by atoms with E-state index in [-0.39, 0.29) is 27.0 Å². The molecule has 0 spiro atoms. The van der Waals surface area contributed by atoms with E-state index in [9.17, 15) is 22.8 Å². The van der Waals surface area contributed by atoms with E-state index in [1.165, 1.54) is 30.3 Å². The van der Waals surface area contributed by atoms with E-state index >= 15 is 0 Å². The van der Waals surface area contributed by atoms with Crippen LogP contribution in [0.3, 0.4) is 0 Å². The van der Waals surface area contributed by atoms with Crippen LogP contribution in [0.2, 0.25) is 10.0 Å². The Morgan fingerprint density at radius 3 is 2.26 bits per heavy atom. The van der Waals surface area contributed by atoms with Crippen molar-refractivity contribution in [1.82, 2.24) is 0 Å². The summed E-state index contributed by atoms with van der Waals surface area (Å²) in [6.45, 7) is 0. The molecule has 4 N–H and O–H groups in total. The van der Waals surface area contributed by atoms with Crippen LogP contribution in [-0.2, 0) is 4.79 Å². The fourth-order valence-corrected chi connectivity index (χ4v) is 4.86. The number of carbonyl (C=O) groups excluding carboxylic acids is 2. The summed E-state index contributed by atoms with van der Waals surface area (Å²) in [4.78, 5) is 25.5. The number of halogens is 7. The van der Waals surface area contributed by atoms with E-state index in [2.05, 4.69) is 10.6 Å². The molecule has 0 radical (unpaired) electrons. The highest BCUT2D eigenvalue weighted by Crippen LogP contribution is 2.65. The Hall–Kier alpha value is -2.65. The fourth-order valence-electron chi connectivity index (χ4n) is 3.63. The summed E-state index contributed by atoms with van der Waals surface area (Å²) >= 11 is 24.5. The molecule has 1 aliphatic carbocycles. The summed E-state index contributed by atoms with van der Waals surface area (Å²) in [5, 5.41) is 4.49. The van der Waals surface area contributed by atoms with Gasteiger partial charge in [0.1, 0.15) is 21.7 Å². The van der Waals surface area contributed by atoms with Crippen LogP contribution in [0.4, 0.5) is 30.2 Å². The molecule has 2 atom stereocenters. The third-order valence-corrected chi connectivity index (χ3v) is 7.04. The number of carbonyl (C=O) groups is 2. The minimum atomic E-state index is -1.47. The van der Waals surface area contributed by atoms with Crippen LogP contribution in [0.5, 0.6) is 0 Å². The van der Waals surface area contributed by atoms with Crippen molar-refractivity contribution in [2.45, 2.75) is 10.3 Å². The van der Waals surface area contributed by atoms with Crippen molar-refractivity contribution in [2.75, 3.05) is 16.4 Å². The van der Waals surface area contributed by atoms with Crippen molar-refractivity contribution in [2.24, 2.45) is 5.92 Å². The highest BCUT2D eigenvalue weighted by atomic mass is 35.5. The first-order chi connectivity index (χ1) is 16.4. The van der Waals surface area contributed by atoms with Crippen LogP contribution in [0.1, 0.15) is 21.8 Å². The molecule has 0 aromatic heterocycles. The third kappa shape index (κ3) is 4.89. The highest BCUT2D eigenvalue weighted by molar-refractivity contribution is 6.53. The van der Waals surface area contributed by atoms with Gasteiger partial charge in [0.2, 0.25) is 5.91 Å². The number of anilines is 3. The number of amides is 2. The molecule has 0 heterocycles. The van der Waals surface area contributed by atoms with Crippen LogP contribution < -0.4 is 16.4 Å². The lowest BCUT2D eigenvalue weighted by Gasteiger charge is -2.12. The summed E-state index contributed by atoms with van der Waals surface area (Å²) in [6, 6.07) is 9.77. The molecule has 1 fully saturated rings. The van der Waals surface area contributed by atoms with Gasteiger partial charge in [-0.1, -0.05) is 29.3 Å². The Bertz CT molecular complexity index is 1370. The van der Waals surface area contributed by atoms with Gasteiger partial charge in [-0.15, -0.1) is 23.2 Å². The highest BCUT2D eigenvalue weighted by Gasteiger charge is 2.67. The summed E-state index contributed by atoms with van der Waals surface area (Å²) in [5.74, 6) is -5.89. The van der Waals surface area contributed by atoms with Gasteiger partial charge in [0, 0.05) is 11.6 Å². The minimum Gasteiger partial charge on any atom is -0.396 e. The Morgan fingerprint density at radius 2 is 1.57 bits per heavy atom. The zero-order valence-electron chi connectivity index (χ0n) is 17.3. The monoisotopic (exact) mass is 561 g/mol. The predicted molar refractivity (Wildman–Crippen MR) is 131 cm³/mol. The first-order valence-corrected chi connectivity index (χ1v) is 11.4. The average Bonchev–Trinajstić information content (AvgIpc) is 3.39. The number of nitrogens with two attached hydrogens (primary N) is 1. The van der Waals surface area contributed by atoms with Gasteiger partial charge in [-0.05, 0) is 48.0 Å². The summed E-state index contributed by atoms with van der Waals surface area (Å²) in [5.41, 5.74) is 4.77. The van der Waals surface area contributed by atoms with Crippen molar-refractivity contribution < 1.29 is 22.8 Å². The maximum absolute atomic E-state index is 14.2. The molecule has 3 aromatic rings. The molecule has 182 valence electrons. The van der Waals surface area contributed by atoms with Gasteiger partial charge in [0.05, 0.1) is 27.2 Å². The van der Waals surface area contributed by atoms with E-state index in [1.807, 2.05) is 0 Å². The minimum absolute atomic E-state index is 0.0421. The third-order valence-electron chi connectivity index (χ3n) is 5.48. The van der Waals surface area contributed by atoms with E-state index in [0.29, 0.717) is 5.56 Å². The van der Waals surface area contributed by atoms with Crippen LogP contribution in [0.25, 0.3) is 0 Å². The molecular formula is C23H14Cl4F3N3O2. The zero-order valence-corrected chi connectivity index (χ0v) is 20.3. The number of nitrogen functional groups attached to an aromatic ring is 1. The Labute approximate surface area is 217 Å². The van der Waals surface area contributed by atoms with Crippen molar-refractivity contribution in [1.29, 1.82) is 0 Å². The van der Waals surface area contributed by atoms with Crippen LogP contribution >= 0.6 is 46.4 Å². The smallest absolute Gasteiger partial charge is 0.257 e.